The highest BCUT2D eigenvalue weighted by Crippen LogP contribution is 2.49. The molecule has 0 aromatic rings. The molecule has 0 unspecified atom stereocenters. The third-order valence-electron chi connectivity index (χ3n) is 5.49. The van der Waals surface area contributed by atoms with E-state index in [0.29, 0.717) is 0 Å². The molecular weight excluding hydrogens is 368 g/mol. The fraction of sp³-hybridized carbons (Fsp3) is 0.812. The second kappa shape index (κ2) is 7.26. The van der Waals surface area contributed by atoms with Gasteiger partial charge in [-0.15, -0.1) is 0 Å². The van der Waals surface area contributed by atoms with Crippen molar-refractivity contribution in [2.75, 3.05) is 6.61 Å². The van der Waals surface area contributed by atoms with Gasteiger partial charge in [0, 0.05) is 12.3 Å². The van der Waals surface area contributed by atoms with E-state index in [2.05, 4.69) is 0 Å². The molecule has 7 N–H and O–H groups in total. The second-order valence-corrected chi connectivity index (χ2v) is 7.40. The van der Waals surface area contributed by atoms with Crippen molar-refractivity contribution >= 4 is 5.97 Å². The van der Waals surface area contributed by atoms with Gasteiger partial charge in [-0.05, 0) is 6.92 Å². The van der Waals surface area contributed by atoms with Crippen LogP contribution in [0.15, 0.2) is 11.8 Å². The maximum atomic E-state index is 11.4. The van der Waals surface area contributed by atoms with Crippen molar-refractivity contribution in [3.63, 3.8) is 0 Å². The lowest BCUT2D eigenvalue weighted by Crippen LogP contribution is -2.60. The van der Waals surface area contributed by atoms with Crippen molar-refractivity contribution in [1.82, 2.24) is 0 Å². The highest BCUT2D eigenvalue weighted by molar-refractivity contribution is 5.87. The Morgan fingerprint density at radius 2 is 1.89 bits per heavy atom. The average Bonchev–Trinajstić information content (AvgIpc) is 2.85. The van der Waals surface area contributed by atoms with Gasteiger partial charge in [0.15, 0.2) is 6.29 Å². The van der Waals surface area contributed by atoms with Gasteiger partial charge in [0.25, 0.3) is 0 Å². The number of carbonyl (C=O) groups is 1. The molecular formula is C16H24O11. The van der Waals surface area contributed by atoms with E-state index < -0.39 is 73.1 Å². The molecule has 0 spiro atoms. The first-order valence-corrected chi connectivity index (χ1v) is 8.53. The van der Waals surface area contributed by atoms with Crippen LogP contribution >= 0.6 is 0 Å². The molecule has 10 atom stereocenters. The van der Waals surface area contributed by atoms with E-state index >= 15 is 0 Å². The van der Waals surface area contributed by atoms with Gasteiger partial charge in [-0.3, -0.25) is 0 Å². The lowest BCUT2D eigenvalue weighted by Gasteiger charge is -2.44. The number of aliphatic hydroxyl groups excluding tert-OH is 5. The summed E-state index contributed by atoms with van der Waals surface area (Å²) in [6.45, 7) is 0.751. The van der Waals surface area contributed by atoms with Crippen LogP contribution in [0.3, 0.4) is 0 Å². The van der Waals surface area contributed by atoms with Crippen LogP contribution in [0.1, 0.15) is 13.3 Å². The maximum Gasteiger partial charge on any atom is 0.335 e. The highest BCUT2D eigenvalue weighted by atomic mass is 16.8. The molecule has 27 heavy (non-hydrogen) atoms. The van der Waals surface area contributed by atoms with E-state index in [9.17, 15) is 40.5 Å². The fourth-order valence-corrected chi connectivity index (χ4v) is 4.10. The van der Waals surface area contributed by atoms with Crippen LogP contribution in [0.2, 0.25) is 0 Å². The summed E-state index contributed by atoms with van der Waals surface area (Å²) >= 11 is 0. The summed E-state index contributed by atoms with van der Waals surface area (Å²) < 4.78 is 16.1. The third-order valence-corrected chi connectivity index (χ3v) is 5.49. The van der Waals surface area contributed by atoms with Crippen molar-refractivity contribution in [3.05, 3.63) is 11.8 Å². The topological polar surface area (TPSA) is 186 Å². The molecule has 3 aliphatic rings. The zero-order valence-electron chi connectivity index (χ0n) is 14.5. The summed E-state index contributed by atoms with van der Waals surface area (Å²) in [5.41, 5.74) is -1.77. The van der Waals surface area contributed by atoms with Crippen LogP contribution in [0.5, 0.6) is 0 Å². The van der Waals surface area contributed by atoms with E-state index in [1.807, 2.05) is 0 Å². The van der Waals surface area contributed by atoms with Crippen molar-refractivity contribution in [2.45, 2.75) is 62.0 Å². The minimum atomic E-state index is -1.69. The summed E-state index contributed by atoms with van der Waals surface area (Å²) in [6, 6.07) is 0. The predicted molar refractivity (Wildman–Crippen MR) is 83.7 cm³/mol. The van der Waals surface area contributed by atoms with Crippen molar-refractivity contribution < 1.29 is 54.8 Å². The van der Waals surface area contributed by atoms with E-state index in [4.69, 9.17) is 14.2 Å². The molecule has 1 aliphatic carbocycles. The predicted octanol–water partition coefficient (Wildman–Crippen LogP) is -3.12. The van der Waals surface area contributed by atoms with E-state index in [1.165, 1.54) is 6.92 Å². The normalized spacial score (nSPS) is 49.9. The summed E-state index contributed by atoms with van der Waals surface area (Å²) in [4.78, 5) is 11.4. The van der Waals surface area contributed by atoms with Gasteiger partial charge in [0.2, 0.25) is 6.29 Å². The standard InChI is InChI=1S/C16H24O11/c1-16(24)2-6(18)8-5(13(22)23)4-25-14(9(8)16)27-15-12(21)11(20)10(19)7(3-17)26-15/h4,6-12,14-15,17-21,24H,2-3H2,1H3,(H,22,23)/t6-,7-,8+,9-,10-,11+,12-,14+,15+,16+/m1/s1. The Hall–Kier alpha value is -1.31. The molecule has 2 aliphatic heterocycles. The van der Waals surface area contributed by atoms with Crippen LogP contribution in [0.4, 0.5) is 0 Å². The molecule has 1 saturated carbocycles. The zero-order chi connectivity index (χ0) is 20.1. The van der Waals surface area contributed by atoms with Crippen molar-refractivity contribution in [3.8, 4) is 0 Å². The van der Waals surface area contributed by atoms with Gasteiger partial charge < -0.3 is 50.0 Å². The first-order chi connectivity index (χ1) is 12.6. The molecule has 11 heteroatoms. The number of hydrogen-bond acceptors (Lipinski definition) is 10. The molecule has 0 aromatic carbocycles. The molecule has 0 amide bonds. The average molecular weight is 392 g/mol. The summed E-state index contributed by atoms with van der Waals surface area (Å²) in [6.07, 6.45) is -9.34. The van der Waals surface area contributed by atoms with Gasteiger partial charge >= 0.3 is 5.97 Å². The lowest BCUT2D eigenvalue weighted by molar-refractivity contribution is -0.346. The molecule has 2 fully saturated rings. The minimum Gasteiger partial charge on any atom is -0.478 e. The molecule has 0 aromatic heterocycles. The number of fused-ring (bicyclic) bond motifs is 1. The number of ether oxygens (including phenoxy) is 3. The first kappa shape index (κ1) is 20.4. The van der Waals surface area contributed by atoms with Crippen LogP contribution < -0.4 is 0 Å². The summed E-state index contributed by atoms with van der Waals surface area (Å²) in [5, 5.41) is 69.2. The van der Waals surface area contributed by atoms with Gasteiger partial charge in [-0.1, -0.05) is 0 Å². The molecule has 0 bridgehead atoms. The van der Waals surface area contributed by atoms with Gasteiger partial charge in [0.1, 0.15) is 24.4 Å². The summed E-state index contributed by atoms with van der Waals surface area (Å²) in [7, 11) is 0. The third kappa shape index (κ3) is 3.45. The van der Waals surface area contributed by atoms with Gasteiger partial charge in [-0.25, -0.2) is 4.79 Å². The number of carboxylic acid groups (broad SMARTS) is 1. The smallest absolute Gasteiger partial charge is 0.335 e. The molecule has 3 rings (SSSR count). The Morgan fingerprint density at radius 3 is 2.48 bits per heavy atom. The molecule has 11 nitrogen and oxygen atoms in total. The van der Waals surface area contributed by atoms with Gasteiger partial charge in [-0.2, -0.15) is 0 Å². The van der Waals surface area contributed by atoms with Crippen molar-refractivity contribution in [1.29, 1.82) is 0 Å². The Bertz CT molecular complexity index is 603. The quantitative estimate of drug-likeness (QED) is 0.256. The minimum absolute atomic E-state index is 0.120. The number of hydrogen-bond donors (Lipinski definition) is 7. The maximum absolute atomic E-state index is 11.4. The Balaban J connectivity index is 1.85. The monoisotopic (exact) mass is 392 g/mol. The SMILES string of the molecule is C[C@]1(O)C[C@@H](O)[C@@H]2C(C(=O)O)=CO[C@@H](O[C@@H]3O[C@H](CO)[C@@H](O)[C@H](O)[C@H]3O)[C@@H]21. The van der Waals surface area contributed by atoms with E-state index in [0.717, 1.165) is 6.26 Å². The molecule has 154 valence electrons. The number of aliphatic hydroxyl groups is 6. The Kier molecular flexibility index (Phi) is 5.49. The summed E-state index contributed by atoms with van der Waals surface area (Å²) in [5.74, 6) is -3.30. The molecule has 0 radical (unpaired) electrons. The van der Waals surface area contributed by atoms with Crippen LogP contribution in [0, 0.1) is 11.8 Å². The number of rotatable bonds is 4. The van der Waals surface area contributed by atoms with E-state index in [-0.39, 0.29) is 12.0 Å². The molecule has 2 heterocycles. The van der Waals surface area contributed by atoms with Crippen LogP contribution in [-0.4, -0.2) is 97.0 Å². The highest BCUT2D eigenvalue weighted by Gasteiger charge is 2.59. The lowest BCUT2D eigenvalue weighted by atomic mass is 9.81. The zero-order valence-corrected chi connectivity index (χ0v) is 14.5. The van der Waals surface area contributed by atoms with Crippen molar-refractivity contribution in [2.24, 2.45) is 11.8 Å². The number of carboxylic acids is 1. The second-order valence-electron chi connectivity index (χ2n) is 7.40. The Labute approximate surface area is 154 Å². The van der Waals surface area contributed by atoms with Gasteiger partial charge in [0.05, 0.1) is 36.1 Å². The fourth-order valence-electron chi connectivity index (χ4n) is 4.10. The number of aliphatic carboxylic acids is 1. The molecule has 1 saturated heterocycles. The Morgan fingerprint density at radius 1 is 1.22 bits per heavy atom. The first-order valence-electron chi connectivity index (χ1n) is 8.53. The van der Waals surface area contributed by atoms with Crippen LogP contribution in [-0.2, 0) is 19.0 Å². The van der Waals surface area contributed by atoms with Crippen LogP contribution in [0.25, 0.3) is 0 Å². The van der Waals surface area contributed by atoms with E-state index in [1.54, 1.807) is 0 Å². The largest absolute Gasteiger partial charge is 0.478 e.